The molecule has 2 aromatic rings. The SMILES string of the molecule is CC(=O)Cc1ncc(-c2ccc(C(C)C)cc2)[nH]1. The lowest BCUT2D eigenvalue weighted by Crippen LogP contribution is -1.97. The van der Waals surface area contributed by atoms with Gasteiger partial charge in [0, 0.05) is 0 Å². The highest BCUT2D eigenvalue weighted by Gasteiger charge is 2.06. The molecular weight excluding hydrogens is 224 g/mol. The molecule has 0 atom stereocenters. The third kappa shape index (κ3) is 2.86. The van der Waals surface area contributed by atoms with Gasteiger partial charge in [-0.1, -0.05) is 38.1 Å². The molecule has 0 amide bonds. The van der Waals surface area contributed by atoms with Gasteiger partial charge in [0.05, 0.1) is 18.3 Å². The lowest BCUT2D eigenvalue weighted by molar-refractivity contribution is -0.116. The van der Waals surface area contributed by atoms with Crippen LogP contribution in [0.25, 0.3) is 11.3 Å². The fourth-order valence-corrected chi connectivity index (χ4v) is 1.88. The summed E-state index contributed by atoms with van der Waals surface area (Å²) in [6, 6.07) is 8.43. The molecule has 94 valence electrons. The molecule has 18 heavy (non-hydrogen) atoms. The molecule has 0 fully saturated rings. The molecule has 1 N–H and O–H groups in total. The Hall–Kier alpha value is -1.90. The van der Waals surface area contributed by atoms with Gasteiger partial charge < -0.3 is 4.98 Å². The van der Waals surface area contributed by atoms with Crippen molar-refractivity contribution in [1.29, 1.82) is 0 Å². The van der Waals surface area contributed by atoms with E-state index in [4.69, 9.17) is 0 Å². The zero-order valence-corrected chi connectivity index (χ0v) is 11.0. The number of aromatic amines is 1. The number of nitrogens with one attached hydrogen (secondary N) is 1. The quantitative estimate of drug-likeness (QED) is 0.893. The summed E-state index contributed by atoms with van der Waals surface area (Å²) in [5.74, 6) is 1.38. The van der Waals surface area contributed by atoms with E-state index in [0.717, 1.165) is 17.1 Å². The zero-order valence-electron chi connectivity index (χ0n) is 11.0. The molecule has 3 heteroatoms. The van der Waals surface area contributed by atoms with Crippen LogP contribution in [0.2, 0.25) is 0 Å². The van der Waals surface area contributed by atoms with Crippen LogP contribution in [-0.4, -0.2) is 15.8 Å². The number of carbonyl (C=O) groups is 1. The van der Waals surface area contributed by atoms with Crippen LogP contribution < -0.4 is 0 Å². The Morgan fingerprint density at radius 3 is 2.50 bits per heavy atom. The number of rotatable bonds is 4. The van der Waals surface area contributed by atoms with Crippen LogP contribution in [0.4, 0.5) is 0 Å². The highest BCUT2D eigenvalue weighted by atomic mass is 16.1. The first-order valence-corrected chi connectivity index (χ1v) is 6.20. The topological polar surface area (TPSA) is 45.8 Å². The standard InChI is InChI=1S/C15H18N2O/c1-10(2)12-4-6-13(7-5-12)14-9-16-15(17-14)8-11(3)18/h4-7,9-10H,8H2,1-3H3,(H,16,17). The Bertz CT molecular complexity index is 538. The van der Waals surface area contributed by atoms with E-state index in [1.54, 1.807) is 13.1 Å². The number of hydrogen-bond donors (Lipinski definition) is 1. The predicted octanol–water partition coefficient (Wildman–Crippen LogP) is 3.33. The maximum Gasteiger partial charge on any atom is 0.137 e. The zero-order chi connectivity index (χ0) is 13.1. The maximum absolute atomic E-state index is 11.0. The highest BCUT2D eigenvalue weighted by Crippen LogP contribution is 2.21. The van der Waals surface area contributed by atoms with Gasteiger partial charge in [-0.05, 0) is 24.0 Å². The summed E-state index contributed by atoms with van der Waals surface area (Å²) in [6.45, 7) is 5.92. The van der Waals surface area contributed by atoms with Crippen molar-refractivity contribution >= 4 is 5.78 Å². The minimum absolute atomic E-state index is 0.117. The maximum atomic E-state index is 11.0. The second kappa shape index (κ2) is 5.17. The highest BCUT2D eigenvalue weighted by molar-refractivity contribution is 5.77. The molecule has 1 aromatic heterocycles. The minimum atomic E-state index is 0.117. The third-order valence-electron chi connectivity index (χ3n) is 2.93. The van der Waals surface area contributed by atoms with E-state index < -0.39 is 0 Å². The molecular formula is C15H18N2O. The average molecular weight is 242 g/mol. The van der Waals surface area contributed by atoms with Gasteiger partial charge in [-0.15, -0.1) is 0 Å². The first-order valence-electron chi connectivity index (χ1n) is 6.20. The van der Waals surface area contributed by atoms with Gasteiger partial charge in [0.15, 0.2) is 0 Å². The molecule has 0 bridgehead atoms. The fourth-order valence-electron chi connectivity index (χ4n) is 1.88. The molecule has 0 aliphatic heterocycles. The van der Waals surface area contributed by atoms with Crippen LogP contribution in [0.3, 0.4) is 0 Å². The van der Waals surface area contributed by atoms with Crippen molar-refractivity contribution in [3.8, 4) is 11.3 Å². The van der Waals surface area contributed by atoms with Gasteiger partial charge in [-0.3, -0.25) is 4.79 Å². The smallest absolute Gasteiger partial charge is 0.137 e. The number of H-pyrrole nitrogens is 1. The van der Waals surface area contributed by atoms with E-state index in [9.17, 15) is 4.79 Å². The second-order valence-electron chi connectivity index (χ2n) is 4.90. The van der Waals surface area contributed by atoms with Crippen LogP contribution in [0, 0.1) is 0 Å². The van der Waals surface area contributed by atoms with Crippen LogP contribution in [0.15, 0.2) is 30.5 Å². The van der Waals surface area contributed by atoms with Crippen molar-refractivity contribution in [2.24, 2.45) is 0 Å². The Morgan fingerprint density at radius 1 is 1.28 bits per heavy atom. The third-order valence-corrected chi connectivity index (χ3v) is 2.93. The summed E-state index contributed by atoms with van der Waals surface area (Å²) in [6.07, 6.45) is 2.15. The van der Waals surface area contributed by atoms with Crippen LogP contribution in [0.1, 0.15) is 38.1 Å². The molecule has 0 radical (unpaired) electrons. The van der Waals surface area contributed by atoms with E-state index in [2.05, 4.69) is 48.1 Å². The lowest BCUT2D eigenvalue weighted by atomic mass is 10.0. The van der Waals surface area contributed by atoms with Gasteiger partial charge in [-0.2, -0.15) is 0 Å². The number of carbonyl (C=O) groups excluding carboxylic acids is 1. The van der Waals surface area contributed by atoms with Gasteiger partial charge in [0.25, 0.3) is 0 Å². The van der Waals surface area contributed by atoms with E-state index in [-0.39, 0.29) is 5.78 Å². The number of nitrogens with zero attached hydrogens (tertiary/aromatic N) is 1. The van der Waals surface area contributed by atoms with Gasteiger partial charge in [0.1, 0.15) is 11.6 Å². The summed E-state index contributed by atoms with van der Waals surface area (Å²) >= 11 is 0. The normalized spacial score (nSPS) is 10.9. The summed E-state index contributed by atoms with van der Waals surface area (Å²) in [7, 11) is 0. The van der Waals surface area contributed by atoms with Gasteiger partial charge in [-0.25, -0.2) is 4.98 Å². The first-order chi connectivity index (χ1) is 8.56. The van der Waals surface area contributed by atoms with Crippen LogP contribution >= 0.6 is 0 Å². The molecule has 2 rings (SSSR count). The average Bonchev–Trinajstić information content (AvgIpc) is 2.76. The predicted molar refractivity (Wildman–Crippen MR) is 72.5 cm³/mol. The Balaban J connectivity index is 2.20. The van der Waals surface area contributed by atoms with E-state index in [1.165, 1.54) is 5.56 Å². The first kappa shape index (κ1) is 12.6. The molecule has 0 unspecified atom stereocenters. The van der Waals surface area contributed by atoms with Crippen LogP contribution in [0.5, 0.6) is 0 Å². The number of aromatic nitrogens is 2. The monoisotopic (exact) mass is 242 g/mol. The van der Waals surface area contributed by atoms with E-state index in [1.807, 2.05) is 0 Å². The summed E-state index contributed by atoms with van der Waals surface area (Å²) in [4.78, 5) is 18.4. The molecule has 0 spiro atoms. The lowest BCUT2D eigenvalue weighted by Gasteiger charge is -2.05. The fraction of sp³-hybridized carbons (Fsp3) is 0.333. The minimum Gasteiger partial charge on any atom is -0.342 e. The summed E-state index contributed by atoms with van der Waals surface area (Å²) in [5, 5.41) is 0. The largest absolute Gasteiger partial charge is 0.342 e. The van der Waals surface area contributed by atoms with E-state index in [0.29, 0.717) is 12.3 Å². The van der Waals surface area contributed by atoms with Crippen molar-refractivity contribution in [2.75, 3.05) is 0 Å². The molecule has 0 aliphatic rings. The molecule has 0 saturated heterocycles. The van der Waals surface area contributed by atoms with Crippen molar-refractivity contribution in [1.82, 2.24) is 9.97 Å². The molecule has 1 aromatic carbocycles. The Morgan fingerprint density at radius 2 is 1.94 bits per heavy atom. The van der Waals surface area contributed by atoms with E-state index >= 15 is 0 Å². The molecule has 0 saturated carbocycles. The number of hydrogen-bond acceptors (Lipinski definition) is 2. The number of imidazole rings is 1. The Labute approximate surface area is 107 Å². The van der Waals surface area contributed by atoms with Crippen molar-refractivity contribution in [3.05, 3.63) is 41.9 Å². The van der Waals surface area contributed by atoms with Crippen molar-refractivity contribution < 1.29 is 4.79 Å². The van der Waals surface area contributed by atoms with Crippen LogP contribution in [-0.2, 0) is 11.2 Å². The molecule has 1 heterocycles. The van der Waals surface area contributed by atoms with Crippen molar-refractivity contribution in [3.63, 3.8) is 0 Å². The summed E-state index contributed by atoms with van der Waals surface area (Å²) < 4.78 is 0. The molecule has 0 aliphatic carbocycles. The summed E-state index contributed by atoms with van der Waals surface area (Å²) in [5.41, 5.74) is 3.38. The number of Topliss-reactive ketones (excluding diaryl/α,β-unsaturated/α-hetero) is 1. The van der Waals surface area contributed by atoms with Crippen molar-refractivity contribution in [2.45, 2.75) is 33.1 Å². The number of ketones is 1. The number of benzene rings is 1. The molecule has 3 nitrogen and oxygen atoms in total. The second-order valence-corrected chi connectivity index (χ2v) is 4.90. The Kier molecular flexibility index (Phi) is 3.60. The van der Waals surface area contributed by atoms with Gasteiger partial charge >= 0.3 is 0 Å². The van der Waals surface area contributed by atoms with Gasteiger partial charge in [0.2, 0.25) is 0 Å².